The molecule has 0 spiro atoms. The van der Waals surface area contributed by atoms with Gasteiger partial charge in [0.1, 0.15) is 0 Å². The molecule has 2 unspecified atom stereocenters. The van der Waals surface area contributed by atoms with Crippen molar-refractivity contribution in [3.63, 3.8) is 0 Å². The largest absolute Gasteiger partial charge is 0.393 e. The molecule has 88 valence electrons. The van der Waals surface area contributed by atoms with Gasteiger partial charge in [0.2, 0.25) is 0 Å². The molecular formula is C13H30O. The van der Waals surface area contributed by atoms with Gasteiger partial charge in [-0.1, -0.05) is 48.5 Å². The molecule has 0 bridgehead atoms. The average Bonchev–Trinajstić information content (AvgIpc) is 2.07. The van der Waals surface area contributed by atoms with Crippen LogP contribution >= 0.6 is 0 Å². The summed E-state index contributed by atoms with van der Waals surface area (Å²) in [6.07, 6.45) is 3.21. The molecule has 14 heavy (non-hydrogen) atoms. The van der Waals surface area contributed by atoms with Crippen LogP contribution in [0.3, 0.4) is 0 Å². The van der Waals surface area contributed by atoms with Crippen molar-refractivity contribution < 1.29 is 5.11 Å². The molecule has 2 atom stereocenters. The molecule has 1 heteroatoms. The molecule has 0 aliphatic heterocycles. The van der Waals surface area contributed by atoms with E-state index in [0.717, 1.165) is 12.8 Å². The lowest BCUT2D eigenvalue weighted by atomic mass is 9.72. The first-order valence-corrected chi connectivity index (χ1v) is 6.18. The number of hydrogen-bond acceptors (Lipinski definition) is 1. The number of aliphatic hydroxyl groups excluding tert-OH is 1. The van der Waals surface area contributed by atoms with Crippen LogP contribution in [0.5, 0.6) is 0 Å². The average molecular weight is 202 g/mol. The highest BCUT2D eigenvalue weighted by Crippen LogP contribution is 2.38. The Kier molecular flexibility index (Phi) is 9.70. The maximum Gasteiger partial charge on any atom is 0.0547 e. The molecule has 1 N–H and O–H groups in total. The fourth-order valence-corrected chi connectivity index (χ4v) is 2.30. The molecule has 1 aliphatic carbocycles. The van der Waals surface area contributed by atoms with E-state index in [1.54, 1.807) is 0 Å². The van der Waals surface area contributed by atoms with E-state index in [-0.39, 0.29) is 6.10 Å². The molecule has 0 aromatic heterocycles. The molecular weight excluding hydrogens is 172 g/mol. The van der Waals surface area contributed by atoms with Crippen LogP contribution in [0, 0.1) is 11.3 Å². The maximum atomic E-state index is 9.42. The first-order chi connectivity index (χ1) is 6.49. The van der Waals surface area contributed by atoms with Crippen molar-refractivity contribution in [2.24, 2.45) is 11.3 Å². The molecule has 1 fully saturated rings. The highest BCUT2D eigenvalue weighted by atomic mass is 16.3. The summed E-state index contributed by atoms with van der Waals surface area (Å²) in [7, 11) is 0. The zero-order valence-corrected chi connectivity index (χ0v) is 11.2. The van der Waals surface area contributed by atoms with Crippen LogP contribution in [0.1, 0.15) is 67.7 Å². The highest BCUT2D eigenvalue weighted by molar-refractivity contribution is 4.82. The zero-order valence-electron chi connectivity index (χ0n) is 11.2. The van der Waals surface area contributed by atoms with Crippen LogP contribution in [-0.2, 0) is 0 Å². The first kappa shape index (κ1) is 16.4. The fraction of sp³-hybridized carbons (Fsp3) is 1.00. The van der Waals surface area contributed by atoms with Crippen molar-refractivity contribution >= 4 is 0 Å². The van der Waals surface area contributed by atoms with Crippen LogP contribution in [0.4, 0.5) is 0 Å². The van der Waals surface area contributed by atoms with E-state index in [2.05, 4.69) is 20.8 Å². The minimum atomic E-state index is -0.0428. The van der Waals surface area contributed by atoms with E-state index in [1.807, 2.05) is 27.7 Å². The second-order valence-corrected chi connectivity index (χ2v) is 4.57. The van der Waals surface area contributed by atoms with Crippen LogP contribution < -0.4 is 0 Å². The van der Waals surface area contributed by atoms with Crippen molar-refractivity contribution in [2.75, 3.05) is 0 Å². The third-order valence-corrected chi connectivity index (χ3v) is 2.36. The number of rotatable bonds is 0. The van der Waals surface area contributed by atoms with Crippen molar-refractivity contribution in [3.8, 4) is 0 Å². The van der Waals surface area contributed by atoms with Crippen LogP contribution in [0.15, 0.2) is 0 Å². The Balaban J connectivity index is 0. The maximum absolute atomic E-state index is 9.42. The van der Waals surface area contributed by atoms with Gasteiger partial charge in [0.05, 0.1) is 6.10 Å². The lowest BCUT2D eigenvalue weighted by molar-refractivity contribution is 0.0394. The van der Waals surface area contributed by atoms with Crippen LogP contribution in [0.25, 0.3) is 0 Å². The van der Waals surface area contributed by atoms with Gasteiger partial charge in [-0.2, -0.15) is 0 Å². The summed E-state index contributed by atoms with van der Waals surface area (Å²) < 4.78 is 0. The second-order valence-electron chi connectivity index (χ2n) is 4.57. The number of aliphatic hydroxyl groups is 1. The Morgan fingerprint density at radius 1 is 1.00 bits per heavy atom. The minimum Gasteiger partial charge on any atom is -0.393 e. The van der Waals surface area contributed by atoms with Crippen molar-refractivity contribution in [2.45, 2.75) is 73.8 Å². The molecule has 0 amide bonds. The molecule has 0 aromatic carbocycles. The lowest BCUT2D eigenvalue weighted by Gasteiger charge is -2.36. The molecule has 0 saturated heterocycles. The summed E-state index contributed by atoms with van der Waals surface area (Å²) in [6.45, 7) is 14.7. The highest BCUT2D eigenvalue weighted by Gasteiger charge is 2.30. The summed E-state index contributed by atoms with van der Waals surface area (Å²) in [6, 6.07) is 0. The van der Waals surface area contributed by atoms with Gasteiger partial charge in [-0.15, -0.1) is 0 Å². The van der Waals surface area contributed by atoms with E-state index in [4.69, 9.17) is 0 Å². The standard InChI is InChI=1S/C9H18O.2C2H6/c1-7-4-8(10)6-9(2,3)5-7;2*1-2/h7-8,10H,4-6H2,1-3H3;2*1-2H3. The van der Waals surface area contributed by atoms with Crippen LogP contribution in [-0.4, -0.2) is 11.2 Å². The van der Waals surface area contributed by atoms with Gasteiger partial charge in [0.25, 0.3) is 0 Å². The minimum absolute atomic E-state index is 0.0428. The van der Waals surface area contributed by atoms with E-state index >= 15 is 0 Å². The smallest absolute Gasteiger partial charge is 0.0547 e. The Bertz CT molecular complexity index is 106. The van der Waals surface area contributed by atoms with Gasteiger partial charge in [-0.3, -0.25) is 0 Å². The van der Waals surface area contributed by atoms with Gasteiger partial charge in [0, 0.05) is 0 Å². The Morgan fingerprint density at radius 2 is 1.43 bits per heavy atom. The van der Waals surface area contributed by atoms with E-state index < -0.39 is 0 Å². The quantitative estimate of drug-likeness (QED) is 0.623. The molecule has 1 aliphatic rings. The summed E-state index contributed by atoms with van der Waals surface area (Å²) in [5, 5.41) is 9.42. The molecule has 0 aromatic rings. The van der Waals surface area contributed by atoms with Crippen molar-refractivity contribution in [1.82, 2.24) is 0 Å². The number of hydrogen-bond donors (Lipinski definition) is 1. The molecule has 1 nitrogen and oxygen atoms in total. The second kappa shape index (κ2) is 8.28. The third kappa shape index (κ3) is 7.37. The van der Waals surface area contributed by atoms with E-state index in [9.17, 15) is 5.11 Å². The van der Waals surface area contributed by atoms with Gasteiger partial charge in [-0.25, -0.2) is 0 Å². The summed E-state index contributed by atoms with van der Waals surface area (Å²) in [5.41, 5.74) is 0.372. The zero-order chi connectivity index (χ0) is 11.8. The summed E-state index contributed by atoms with van der Waals surface area (Å²) in [5.74, 6) is 0.707. The topological polar surface area (TPSA) is 20.2 Å². The van der Waals surface area contributed by atoms with E-state index in [1.165, 1.54) is 6.42 Å². The first-order valence-electron chi connectivity index (χ1n) is 6.18. The van der Waals surface area contributed by atoms with E-state index in [0.29, 0.717) is 11.3 Å². The summed E-state index contributed by atoms with van der Waals surface area (Å²) >= 11 is 0. The van der Waals surface area contributed by atoms with Gasteiger partial charge >= 0.3 is 0 Å². The predicted octanol–water partition coefficient (Wildman–Crippen LogP) is 4.25. The monoisotopic (exact) mass is 202 g/mol. The third-order valence-electron chi connectivity index (χ3n) is 2.36. The van der Waals surface area contributed by atoms with Crippen molar-refractivity contribution in [1.29, 1.82) is 0 Å². The van der Waals surface area contributed by atoms with Gasteiger partial charge in [0.15, 0.2) is 0 Å². The molecule has 0 heterocycles. The van der Waals surface area contributed by atoms with Gasteiger partial charge < -0.3 is 5.11 Å². The van der Waals surface area contributed by atoms with Crippen molar-refractivity contribution in [3.05, 3.63) is 0 Å². The SMILES string of the molecule is CC.CC.CC1CC(O)CC(C)(C)C1. The normalized spacial score (nSPS) is 29.1. The fourth-order valence-electron chi connectivity index (χ4n) is 2.30. The van der Waals surface area contributed by atoms with Gasteiger partial charge in [-0.05, 0) is 30.6 Å². The van der Waals surface area contributed by atoms with Crippen LogP contribution in [0.2, 0.25) is 0 Å². The Labute approximate surface area is 90.9 Å². The Hall–Kier alpha value is -0.0400. The predicted molar refractivity (Wildman–Crippen MR) is 65.5 cm³/mol. The molecule has 1 saturated carbocycles. The summed E-state index contributed by atoms with van der Waals surface area (Å²) in [4.78, 5) is 0. The molecule has 1 rings (SSSR count). The Morgan fingerprint density at radius 3 is 1.71 bits per heavy atom. The lowest BCUT2D eigenvalue weighted by Crippen LogP contribution is -2.30. The molecule has 0 radical (unpaired) electrons.